The molecule has 31 heavy (non-hydrogen) atoms. The molecule has 0 aliphatic rings. The van der Waals surface area contributed by atoms with Gasteiger partial charge in [0.15, 0.2) is 0 Å². The Hall–Kier alpha value is -2.73. The molecule has 170 valence electrons. The van der Waals surface area contributed by atoms with Gasteiger partial charge in [-0.05, 0) is 48.1 Å². The Morgan fingerprint density at radius 2 is 1.58 bits per heavy atom. The third kappa shape index (κ3) is 8.50. The monoisotopic (exact) mass is 430 g/mol. The summed E-state index contributed by atoms with van der Waals surface area (Å²) in [6.07, 6.45) is 0. The van der Waals surface area contributed by atoms with Crippen molar-refractivity contribution >= 4 is 11.8 Å². The average molecular weight is 431 g/mol. The van der Waals surface area contributed by atoms with Gasteiger partial charge in [0.05, 0.1) is 12.2 Å². The van der Waals surface area contributed by atoms with E-state index < -0.39 is 5.82 Å². The molecule has 2 aromatic carbocycles. The van der Waals surface area contributed by atoms with Crippen LogP contribution < -0.4 is 10.6 Å². The Morgan fingerprint density at radius 1 is 0.935 bits per heavy atom. The molecule has 5 nitrogen and oxygen atoms in total. The van der Waals surface area contributed by atoms with Crippen LogP contribution in [0.5, 0.6) is 0 Å². The molecular weight excluding hydrogens is 395 g/mol. The molecule has 0 atom stereocenters. The first-order valence-electron chi connectivity index (χ1n) is 10.7. The molecule has 0 bridgehead atoms. The van der Waals surface area contributed by atoms with Crippen LogP contribution in [0.15, 0.2) is 42.5 Å². The van der Waals surface area contributed by atoms with E-state index >= 15 is 0 Å². The SMILES string of the molecule is CCNC(=O)c1cccc(C(C)C)c1F.COCCNC(=O)c1ccc(C(C)C)cc1. The van der Waals surface area contributed by atoms with Crippen LogP contribution in [0.2, 0.25) is 0 Å². The minimum Gasteiger partial charge on any atom is -0.383 e. The van der Waals surface area contributed by atoms with Crippen molar-refractivity contribution in [3.05, 3.63) is 70.5 Å². The third-order valence-electron chi connectivity index (χ3n) is 4.66. The maximum absolute atomic E-state index is 13.8. The molecule has 0 aromatic heterocycles. The van der Waals surface area contributed by atoms with Gasteiger partial charge in [0.1, 0.15) is 5.82 Å². The molecule has 0 aliphatic carbocycles. The van der Waals surface area contributed by atoms with Crippen LogP contribution in [0.1, 0.15) is 78.3 Å². The first-order chi connectivity index (χ1) is 14.7. The second-order valence-electron chi connectivity index (χ2n) is 7.75. The quantitative estimate of drug-likeness (QED) is 0.586. The van der Waals surface area contributed by atoms with Crippen molar-refractivity contribution in [3.8, 4) is 0 Å². The summed E-state index contributed by atoms with van der Waals surface area (Å²) >= 11 is 0. The summed E-state index contributed by atoms with van der Waals surface area (Å²) in [4.78, 5) is 23.1. The molecule has 2 aromatic rings. The first kappa shape index (κ1) is 26.3. The van der Waals surface area contributed by atoms with Crippen molar-refractivity contribution in [3.63, 3.8) is 0 Å². The van der Waals surface area contributed by atoms with Crippen LogP contribution in [0.4, 0.5) is 4.39 Å². The van der Waals surface area contributed by atoms with Crippen LogP contribution in [0.25, 0.3) is 0 Å². The molecule has 6 heteroatoms. The van der Waals surface area contributed by atoms with Crippen molar-refractivity contribution in [1.82, 2.24) is 10.6 Å². The summed E-state index contributed by atoms with van der Waals surface area (Å²) in [6, 6.07) is 12.6. The number of amides is 2. The number of halogens is 1. The lowest BCUT2D eigenvalue weighted by Gasteiger charge is -2.10. The lowest BCUT2D eigenvalue weighted by atomic mass is 9.99. The number of carbonyl (C=O) groups is 2. The molecule has 2 amide bonds. The van der Waals surface area contributed by atoms with Gasteiger partial charge in [0, 0.05) is 25.8 Å². The Morgan fingerprint density at radius 3 is 2.10 bits per heavy atom. The molecule has 0 fully saturated rings. The summed E-state index contributed by atoms with van der Waals surface area (Å²) in [5.74, 6) is -0.228. The van der Waals surface area contributed by atoms with Gasteiger partial charge in [-0.1, -0.05) is 52.0 Å². The van der Waals surface area contributed by atoms with E-state index in [0.717, 1.165) is 0 Å². The Labute approximate surface area is 185 Å². The molecule has 0 saturated carbocycles. The lowest BCUT2D eigenvalue weighted by Crippen LogP contribution is -2.26. The molecule has 0 spiro atoms. The Kier molecular flexibility index (Phi) is 11.5. The molecule has 0 heterocycles. The van der Waals surface area contributed by atoms with Crippen LogP contribution in [-0.2, 0) is 4.74 Å². The molecular formula is C25H35FN2O3. The summed E-state index contributed by atoms with van der Waals surface area (Å²) in [6.45, 7) is 11.5. The topological polar surface area (TPSA) is 67.4 Å². The first-order valence-corrected chi connectivity index (χ1v) is 10.7. The smallest absolute Gasteiger partial charge is 0.254 e. The second kappa shape index (κ2) is 13.5. The molecule has 2 N–H and O–H groups in total. The molecule has 0 unspecified atom stereocenters. The van der Waals surface area contributed by atoms with Gasteiger partial charge < -0.3 is 15.4 Å². The number of hydrogen-bond acceptors (Lipinski definition) is 3. The van der Waals surface area contributed by atoms with Crippen molar-refractivity contribution in [2.45, 2.75) is 46.5 Å². The van der Waals surface area contributed by atoms with E-state index in [9.17, 15) is 14.0 Å². The zero-order chi connectivity index (χ0) is 23.4. The zero-order valence-electron chi connectivity index (χ0n) is 19.4. The average Bonchev–Trinajstić information content (AvgIpc) is 2.74. The van der Waals surface area contributed by atoms with Gasteiger partial charge in [-0.2, -0.15) is 0 Å². The van der Waals surface area contributed by atoms with Crippen LogP contribution >= 0.6 is 0 Å². The maximum atomic E-state index is 13.8. The normalized spacial score (nSPS) is 10.5. The Balaban J connectivity index is 0.000000311. The van der Waals surface area contributed by atoms with Gasteiger partial charge in [0.25, 0.3) is 11.8 Å². The zero-order valence-corrected chi connectivity index (χ0v) is 19.4. The molecule has 0 saturated heterocycles. The number of nitrogens with one attached hydrogen (secondary N) is 2. The van der Waals surface area contributed by atoms with Crippen molar-refractivity contribution in [1.29, 1.82) is 0 Å². The number of ether oxygens (including phenoxy) is 1. The van der Waals surface area contributed by atoms with Gasteiger partial charge in [-0.3, -0.25) is 9.59 Å². The molecule has 2 rings (SSSR count). The number of carbonyl (C=O) groups excluding carboxylic acids is 2. The number of benzene rings is 2. The largest absolute Gasteiger partial charge is 0.383 e. The summed E-state index contributed by atoms with van der Waals surface area (Å²) < 4.78 is 18.7. The highest BCUT2D eigenvalue weighted by molar-refractivity contribution is 5.95. The third-order valence-corrected chi connectivity index (χ3v) is 4.66. The van der Waals surface area contributed by atoms with E-state index in [1.54, 1.807) is 19.2 Å². The standard InChI is InChI=1S/C13H19NO2.C12H16FNO/c1-10(2)11-4-6-12(7-5-11)13(15)14-8-9-16-3;1-4-14-12(15)10-7-5-6-9(8(2)3)11(10)13/h4-7,10H,8-9H2,1-3H3,(H,14,15);5-8H,4H2,1-3H3,(H,14,15). The number of hydrogen-bond donors (Lipinski definition) is 2. The van der Waals surface area contributed by atoms with Crippen LogP contribution in [-0.4, -0.2) is 38.6 Å². The van der Waals surface area contributed by atoms with E-state index in [4.69, 9.17) is 4.74 Å². The summed E-state index contributed by atoms with van der Waals surface area (Å²) in [7, 11) is 1.61. The number of methoxy groups -OCH3 is 1. The highest BCUT2D eigenvalue weighted by Crippen LogP contribution is 2.21. The van der Waals surface area contributed by atoms with Crippen molar-refractivity contribution < 1.29 is 18.7 Å². The van der Waals surface area contributed by atoms with Gasteiger partial charge >= 0.3 is 0 Å². The predicted octanol–water partition coefficient (Wildman–Crippen LogP) is 4.89. The number of rotatable bonds is 8. The maximum Gasteiger partial charge on any atom is 0.254 e. The Bertz CT molecular complexity index is 833. The summed E-state index contributed by atoms with van der Waals surface area (Å²) in [5.41, 5.74) is 2.65. The van der Waals surface area contributed by atoms with Crippen LogP contribution in [0.3, 0.4) is 0 Å². The minimum absolute atomic E-state index is 0.0487. The van der Waals surface area contributed by atoms with Crippen molar-refractivity contribution in [2.24, 2.45) is 0 Å². The van der Waals surface area contributed by atoms with E-state index in [0.29, 0.717) is 36.7 Å². The van der Waals surface area contributed by atoms with Gasteiger partial charge in [-0.15, -0.1) is 0 Å². The fourth-order valence-corrected chi connectivity index (χ4v) is 2.81. The fraction of sp³-hybridized carbons (Fsp3) is 0.440. The molecule has 0 aliphatic heterocycles. The van der Waals surface area contributed by atoms with E-state index in [1.807, 2.05) is 45.0 Å². The highest BCUT2D eigenvalue weighted by atomic mass is 19.1. The molecule has 0 radical (unpaired) electrons. The minimum atomic E-state index is -0.404. The highest BCUT2D eigenvalue weighted by Gasteiger charge is 2.15. The van der Waals surface area contributed by atoms with Crippen LogP contribution in [0, 0.1) is 5.82 Å². The van der Waals surface area contributed by atoms with E-state index in [1.165, 1.54) is 11.6 Å². The van der Waals surface area contributed by atoms with Gasteiger partial charge in [0.2, 0.25) is 0 Å². The van der Waals surface area contributed by atoms with Gasteiger partial charge in [-0.25, -0.2) is 4.39 Å². The fourth-order valence-electron chi connectivity index (χ4n) is 2.81. The van der Waals surface area contributed by atoms with E-state index in [-0.39, 0.29) is 23.3 Å². The van der Waals surface area contributed by atoms with Crippen molar-refractivity contribution in [2.75, 3.05) is 26.8 Å². The predicted molar refractivity (Wildman–Crippen MR) is 123 cm³/mol. The van der Waals surface area contributed by atoms with E-state index in [2.05, 4.69) is 24.5 Å². The second-order valence-corrected chi connectivity index (χ2v) is 7.75. The summed E-state index contributed by atoms with van der Waals surface area (Å²) in [5, 5.41) is 5.37. The lowest BCUT2D eigenvalue weighted by molar-refractivity contribution is 0.0933.